The van der Waals surface area contributed by atoms with Crippen molar-refractivity contribution >= 4 is 23.2 Å². The number of benzene rings is 1. The van der Waals surface area contributed by atoms with E-state index < -0.39 is 29.7 Å². The van der Waals surface area contributed by atoms with E-state index in [0.29, 0.717) is 63.5 Å². The first-order chi connectivity index (χ1) is 18.6. The zero-order valence-corrected chi connectivity index (χ0v) is 23.0. The number of methoxy groups -OCH3 is 1. The summed E-state index contributed by atoms with van der Waals surface area (Å²) in [4.78, 5) is 28.9. The second kappa shape index (κ2) is 12.6. The normalized spacial score (nSPS) is 25.8. The fraction of sp³-hybridized carbons (Fsp3) is 0.643. The van der Waals surface area contributed by atoms with Gasteiger partial charge in [0.2, 0.25) is 11.8 Å². The Hall–Kier alpha value is -2.79. The number of rotatable bonds is 9. The van der Waals surface area contributed by atoms with E-state index in [0.717, 1.165) is 12.2 Å². The minimum atomic E-state index is -2.84. The summed E-state index contributed by atoms with van der Waals surface area (Å²) >= 11 is 0. The van der Waals surface area contributed by atoms with E-state index in [2.05, 4.69) is 10.6 Å². The Morgan fingerprint density at radius 3 is 2.56 bits per heavy atom. The molecule has 3 unspecified atom stereocenters. The molecule has 11 heteroatoms. The number of carbonyl (C=O) groups excluding carboxylic acids is 2. The van der Waals surface area contributed by atoms with Crippen LogP contribution in [0.2, 0.25) is 0 Å². The molecule has 3 aliphatic heterocycles. The molecule has 4 rings (SSSR count). The molecule has 216 valence electrons. The average molecular weight is 552 g/mol. The molecule has 1 aromatic carbocycles. The summed E-state index contributed by atoms with van der Waals surface area (Å²) in [6, 6.07) is 3.26. The number of piperidine rings is 2. The number of allylic oxidation sites excluding steroid dienone is 1. The molecule has 2 N–H and O–H groups in total. The van der Waals surface area contributed by atoms with Gasteiger partial charge in [0, 0.05) is 57.3 Å². The van der Waals surface area contributed by atoms with Crippen LogP contribution in [0.25, 0.3) is 0 Å². The van der Waals surface area contributed by atoms with E-state index in [-0.39, 0.29) is 24.8 Å². The number of carbonyl (C=O) groups is 2. The van der Waals surface area contributed by atoms with Crippen molar-refractivity contribution in [3.05, 3.63) is 35.9 Å². The van der Waals surface area contributed by atoms with Crippen molar-refractivity contribution in [2.45, 2.75) is 57.5 Å². The third-order valence-corrected chi connectivity index (χ3v) is 7.92. The minimum Gasteiger partial charge on any atom is -0.501 e. The van der Waals surface area contributed by atoms with Gasteiger partial charge in [-0.25, -0.2) is 13.2 Å². The van der Waals surface area contributed by atoms with Crippen molar-refractivity contribution in [1.29, 1.82) is 0 Å². The third-order valence-electron chi connectivity index (χ3n) is 7.92. The molecular formula is C28H40F3N5O3. The summed E-state index contributed by atoms with van der Waals surface area (Å²) in [6.45, 7) is 6.64. The van der Waals surface area contributed by atoms with Crippen molar-refractivity contribution in [2.24, 2.45) is 5.92 Å². The van der Waals surface area contributed by atoms with Crippen LogP contribution in [-0.2, 0) is 14.3 Å². The summed E-state index contributed by atoms with van der Waals surface area (Å²) in [5.74, 6) is -3.12. The SMILES string of the molecule is CC/C=C(/OC)C(C)CN1CCC(N2CCN(c3ccc(NC4CCC(=O)NC4=O)cc3F)CC2)C(F)(F)C1. The Morgan fingerprint density at radius 1 is 1.21 bits per heavy atom. The number of amides is 2. The first-order valence-electron chi connectivity index (χ1n) is 13.8. The van der Waals surface area contributed by atoms with Gasteiger partial charge >= 0.3 is 0 Å². The zero-order chi connectivity index (χ0) is 28.2. The lowest BCUT2D eigenvalue weighted by Crippen LogP contribution is -2.62. The van der Waals surface area contributed by atoms with Gasteiger partial charge in [0.25, 0.3) is 5.92 Å². The number of nitrogens with one attached hydrogen (secondary N) is 2. The van der Waals surface area contributed by atoms with Crippen LogP contribution >= 0.6 is 0 Å². The molecule has 0 radical (unpaired) electrons. The summed E-state index contributed by atoms with van der Waals surface area (Å²) in [5, 5.41) is 5.26. The van der Waals surface area contributed by atoms with E-state index in [1.807, 2.05) is 34.6 Å². The zero-order valence-electron chi connectivity index (χ0n) is 23.0. The number of halogens is 3. The molecule has 3 saturated heterocycles. The molecule has 3 heterocycles. The molecule has 0 saturated carbocycles. The molecule has 0 aromatic heterocycles. The number of ether oxygens (including phenoxy) is 1. The summed E-state index contributed by atoms with van der Waals surface area (Å²) in [7, 11) is 1.62. The number of hydrogen-bond donors (Lipinski definition) is 2. The van der Waals surface area contributed by atoms with E-state index in [4.69, 9.17) is 4.74 Å². The Morgan fingerprint density at radius 2 is 1.95 bits per heavy atom. The minimum absolute atomic E-state index is 0.0475. The number of anilines is 2. The van der Waals surface area contributed by atoms with E-state index in [9.17, 15) is 9.59 Å². The number of hydrogen-bond acceptors (Lipinski definition) is 7. The third kappa shape index (κ3) is 7.05. The van der Waals surface area contributed by atoms with Crippen LogP contribution in [0.4, 0.5) is 24.5 Å². The van der Waals surface area contributed by atoms with Crippen molar-refractivity contribution < 1.29 is 27.5 Å². The molecule has 2 amide bonds. The molecule has 3 atom stereocenters. The highest BCUT2D eigenvalue weighted by Crippen LogP contribution is 2.34. The van der Waals surface area contributed by atoms with Crippen molar-refractivity contribution in [1.82, 2.24) is 15.1 Å². The fourth-order valence-corrected chi connectivity index (χ4v) is 5.93. The van der Waals surface area contributed by atoms with Gasteiger partial charge in [-0.1, -0.05) is 13.8 Å². The van der Waals surface area contributed by atoms with Gasteiger partial charge in [0.15, 0.2) is 0 Å². The van der Waals surface area contributed by atoms with E-state index >= 15 is 13.2 Å². The molecule has 3 fully saturated rings. The molecule has 0 spiro atoms. The maximum absolute atomic E-state index is 15.3. The fourth-order valence-electron chi connectivity index (χ4n) is 5.93. The number of imide groups is 1. The number of likely N-dealkylation sites (tertiary alicyclic amines) is 1. The molecule has 8 nitrogen and oxygen atoms in total. The van der Waals surface area contributed by atoms with Crippen molar-refractivity contribution in [3.8, 4) is 0 Å². The van der Waals surface area contributed by atoms with Gasteiger partial charge in [0.1, 0.15) is 11.9 Å². The van der Waals surface area contributed by atoms with Crippen LogP contribution in [0.3, 0.4) is 0 Å². The Bertz CT molecular complexity index is 1060. The highest BCUT2D eigenvalue weighted by atomic mass is 19.3. The van der Waals surface area contributed by atoms with Crippen LogP contribution in [0.5, 0.6) is 0 Å². The maximum Gasteiger partial charge on any atom is 0.275 e. The Labute approximate surface area is 228 Å². The second-order valence-corrected chi connectivity index (χ2v) is 10.8. The number of alkyl halides is 2. The quantitative estimate of drug-likeness (QED) is 0.360. The molecule has 1 aromatic rings. The second-order valence-electron chi connectivity index (χ2n) is 10.8. The van der Waals surface area contributed by atoms with Gasteiger partial charge in [-0.3, -0.25) is 24.7 Å². The van der Waals surface area contributed by atoms with Crippen LogP contribution in [0.15, 0.2) is 30.0 Å². The summed E-state index contributed by atoms with van der Waals surface area (Å²) in [6.07, 6.45) is 3.80. The molecule has 39 heavy (non-hydrogen) atoms. The van der Waals surface area contributed by atoms with E-state index in [1.54, 1.807) is 19.2 Å². The summed E-state index contributed by atoms with van der Waals surface area (Å²) in [5.41, 5.74) is 0.862. The monoisotopic (exact) mass is 551 g/mol. The van der Waals surface area contributed by atoms with Gasteiger partial charge in [-0.2, -0.15) is 0 Å². The predicted molar refractivity (Wildman–Crippen MR) is 144 cm³/mol. The average Bonchev–Trinajstić information content (AvgIpc) is 2.89. The van der Waals surface area contributed by atoms with Crippen molar-refractivity contribution in [3.63, 3.8) is 0 Å². The van der Waals surface area contributed by atoms with Crippen molar-refractivity contribution in [2.75, 3.05) is 63.1 Å². The highest BCUT2D eigenvalue weighted by molar-refractivity contribution is 6.01. The Balaban J connectivity index is 1.30. The molecule has 0 bridgehead atoms. The predicted octanol–water partition coefficient (Wildman–Crippen LogP) is 3.45. The van der Waals surface area contributed by atoms with Crippen LogP contribution in [0, 0.1) is 11.7 Å². The smallest absolute Gasteiger partial charge is 0.275 e. The number of nitrogens with zero attached hydrogens (tertiary/aromatic N) is 3. The summed E-state index contributed by atoms with van der Waals surface area (Å²) < 4.78 is 51.1. The van der Waals surface area contributed by atoms with Gasteiger partial charge in [0.05, 0.1) is 31.1 Å². The Kier molecular flexibility index (Phi) is 9.43. The lowest BCUT2D eigenvalue weighted by molar-refractivity contribution is -0.133. The van der Waals surface area contributed by atoms with Gasteiger partial charge in [-0.05, 0) is 43.5 Å². The maximum atomic E-state index is 15.3. The largest absolute Gasteiger partial charge is 0.501 e. The first-order valence-corrected chi connectivity index (χ1v) is 13.8. The number of piperazine rings is 1. The molecule has 3 aliphatic rings. The van der Waals surface area contributed by atoms with E-state index in [1.165, 1.54) is 6.07 Å². The van der Waals surface area contributed by atoms with Gasteiger partial charge < -0.3 is 15.0 Å². The standard InChI is InChI=1S/C28H40F3N5O3/c1-4-5-24(39-3)19(2)17-34-11-10-25(28(30,31)18-34)36-14-12-35(13-15-36)23-8-6-20(16-21(23)29)32-22-7-9-26(37)33-27(22)38/h5-6,8,16,19,22,25,32H,4,7,9-15,17-18H2,1-3H3,(H,33,37,38)/b24-5+. The highest BCUT2D eigenvalue weighted by Gasteiger charge is 2.48. The molecular weight excluding hydrogens is 511 g/mol. The van der Waals surface area contributed by atoms with Crippen LogP contribution < -0.4 is 15.5 Å². The van der Waals surface area contributed by atoms with Crippen LogP contribution in [-0.4, -0.2) is 92.5 Å². The topological polar surface area (TPSA) is 77.2 Å². The lowest BCUT2D eigenvalue weighted by atomic mass is 9.96. The lowest BCUT2D eigenvalue weighted by Gasteiger charge is -2.47. The van der Waals surface area contributed by atoms with Crippen LogP contribution in [0.1, 0.15) is 39.5 Å². The van der Waals surface area contributed by atoms with Gasteiger partial charge in [-0.15, -0.1) is 0 Å². The first kappa shape index (κ1) is 29.2. The molecule has 0 aliphatic carbocycles.